The van der Waals surface area contributed by atoms with Gasteiger partial charge in [-0.25, -0.2) is 9.97 Å². The lowest BCUT2D eigenvalue weighted by Crippen LogP contribution is -2.29. The van der Waals surface area contributed by atoms with E-state index in [1.165, 1.54) is 6.33 Å². The molecule has 2 aromatic heterocycles. The Morgan fingerprint density at radius 3 is 3.00 bits per heavy atom. The molecule has 2 N–H and O–H groups in total. The van der Waals surface area contributed by atoms with Gasteiger partial charge in [-0.05, 0) is 13.3 Å². The van der Waals surface area contributed by atoms with Crippen molar-refractivity contribution >= 4 is 5.91 Å². The lowest BCUT2D eigenvalue weighted by Gasteiger charge is -2.14. The first-order valence-electron chi connectivity index (χ1n) is 6.32. The Kier molecular flexibility index (Phi) is 4.27. The number of aromatic amines is 1. The second kappa shape index (κ2) is 6.12. The predicted octanol–water partition coefficient (Wildman–Crippen LogP) is 0.967. The number of hydrogen-bond donors (Lipinski definition) is 2. The Labute approximate surface area is 111 Å². The van der Waals surface area contributed by atoms with Crippen molar-refractivity contribution < 1.29 is 4.79 Å². The molecular formula is C12H18N6O. The van der Waals surface area contributed by atoms with Gasteiger partial charge in [0.2, 0.25) is 5.91 Å². The fraction of sp³-hybridized carbons (Fsp3) is 0.500. The standard InChI is InChI=1S/C12H18N6O/c1-3-10(12-14-6-9(2)16-12)17-11(19)4-5-18-8-13-7-15-18/h6-8,10H,3-5H2,1-2H3,(H,14,16)(H,17,19)/t10-/m1/s1. The van der Waals surface area contributed by atoms with Gasteiger partial charge < -0.3 is 10.3 Å². The molecule has 1 amide bonds. The summed E-state index contributed by atoms with van der Waals surface area (Å²) in [6, 6.07) is -0.0723. The lowest BCUT2D eigenvalue weighted by molar-refractivity contribution is -0.122. The van der Waals surface area contributed by atoms with Crippen LogP contribution in [0.1, 0.15) is 37.3 Å². The van der Waals surface area contributed by atoms with Gasteiger partial charge in [-0.1, -0.05) is 6.92 Å². The molecule has 0 saturated heterocycles. The molecule has 19 heavy (non-hydrogen) atoms. The van der Waals surface area contributed by atoms with E-state index >= 15 is 0 Å². The van der Waals surface area contributed by atoms with Crippen LogP contribution in [0.3, 0.4) is 0 Å². The summed E-state index contributed by atoms with van der Waals surface area (Å²) in [4.78, 5) is 23.1. The van der Waals surface area contributed by atoms with Crippen molar-refractivity contribution in [2.75, 3.05) is 0 Å². The highest BCUT2D eigenvalue weighted by Crippen LogP contribution is 2.12. The van der Waals surface area contributed by atoms with E-state index in [1.54, 1.807) is 17.2 Å². The van der Waals surface area contributed by atoms with E-state index < -0.39 is 0 Å². The van der Waals surface area contributed by atoms with Crippen LogP contribution in [0, 0.1) is 6.92 Å². The highest BCUT2D eigenvalue weighted by molar-refractivity contribution is 5.76. The molecule has 7 heteroatoms. The van der Waals surface area contributed by atoms with Gasteiger partial charge in [-0.15, -0.1) is 0 Å². The largest absolute Gasteiger partial charge is 0.346 e. The SMILES string of the molecule is CC[C@@H](NC(=O)CCn1cncn1)c1ncc(C)[nH]1. The molecule has 0 unspecified atom stereocenters. The molecule has 0 aliphatic heterocycles. The Hall–Kier alpha value is -2.18. The summed E-state index contributed by atoms with van der Waals surface area (Å²) in [7, 11) is 0. The van der Waals surface area contributed by atoms with E-state index in [1.807, 2.05) is 13.8 Å². The van der Waals surface area contributed by atoms with Crippen molar-refractivity contribution in [3.63, 3.8) is 0 Å². The second-order valence-corrected chi connectivity index (χ2v) is 4.39. The van der Waals surface area contributed by atoms with Crippen LogP contribution in [-0.2, 0) is 11.3 Å². The topological polar surface area (TPSA) is 88.5 Å². The Balaban J connectivity index is 1.86. The van der Waals surface area contributed by atoms with Crippen molar-refractivity contribution in [2.24, 2.45) is 0 Å². The van der Waals surface area contributed by atoms with Crippen molar-refractivity contribution in [3.8, 4) is 0 Å². The quantitative estimate of drug-likeness (QED) is 0.811. The van der Waals surface area contributed by atoms with Crippen LogP contribution in [0.25, 0.3) is 0 Å². The lowest BCUT2D eigenvalue weighted by atomic mass is 10.2. The van der Waals surface area contributed by atoms with E-state index in [9.17, 15) is 4.79 Å². The number of carbonyl (C=O) groups is 1. The van der Waals surface area contributed by atoms with Gasteiger partial charge in [-0.3, -0.25) is 9.48 Å². The summed E-state index contributed by atoms with van der Waals surface area (Å²) in [6.07, 6.45) is 5.99. The van der Waals surface area contributed by atoms with Crippen LogP contribution in [0.4, 0.5) is 0 Å². The number of nitrogens with one attached hydrogen (secondary N) is 2. The first-order valence-corrected chi connectivity index (χ1v) is 6.32. The minimum absolute atomic E-state index is 0.0172. The molecule has 2 heterocycles. The van der Waals surface area contributed by atoms with Crippen molar-refractivity contribution in [2.45, 2.75) is 39.3 Å². The number of nitrogens with zero attached hydrogens (tertiary/aromatic N) is 4. The molecule has 0 saturated carbocycles. The summed E-state index contributed by atoms with van der Waals surface area (Å²) in [5.41, 5.74) is 0.991. The zero-order chi connectivity index (χ0) is 13.7. The van der Waals surface area contributed by atoms with Crippen LogP contribution in [-0.4, -0.2) is 30.6 Å². The van der Waals surface area contributed by atoms with E-state index in [4.69, 9.17) is 0 Å². The average molecular weight is 262 g/mol. The van der Waals surface area contributed by atoms with Gasteiger partial charge in [0.15, 0.2) is 0 Å². The zero-order valence-corrected chi connectivity index (χ0v) is 11.1. The number of carbonyl (C=O) groups excluding carboxylic acids is 1. The average Bonchev–Trinajstić information content (AvgIpc) is 3.04. The molecule has 0 spiro atoms. The number of imidazole rings is 1. The molecule has 0 fully saturated rings. The van der Waals surface area contributed by atoms with Gasteiger partial charge in [-0.2, -0.15) is 5.10 Å². The number of aromatic nitrogens is 5. The van der Waals surface area contributed by atoms with E-state index in [2.05, 4.69) is 25.4 Å². The molecule has 0 aromatic carbocycles. The maximum Gasteiger partial charge on any atom is 0.222 e. The highest BCUT2D eigenvalue weighted by Gasteiger charge is 2.15. The van der Waals surface area contributed by atoms with Gasteiger partial charge in [0, 0.05) is 18.3 Å². The second-order valence-electron chi connectivity index (χ2n) is 4.39. The zero-order valence-electron chi connectivity index (χ0n) is 11.1. The summed E-state index contributed by atoms with van der Waals surface area (Å²) in [6.45, 7) is 4.48. The summed E-state index contributed by atoms with van der Waals surface area (Å²) < 4.78 is 1.64. The van der Waals surface area contributed by atoms with Crippen LogP contribution in [0.2, 0.25) is 0 Å². The third kappa shape index (κ3) is 3.64. The molecule has 2 aromatic rings. The summed E-state index contributed by atoms with van der Waals surface area (Å²) in [5, 5.41) is 6.92. The maximum atomic E-state index is 11.9. The van der Waals surface area contributed by atoms with Gasteiger partial charge in [0.1, 0.15) is 18.5 Å². The van der Waals surface area contributed by atoms with E-state index in [0.717, 1.165) is 17.9 Å². The predicted molar refractivity (Wildman–Crippen MR) is 69.1 cm³/mol. The molecule has 0 aliphatic rings. The molecular weight excluding hydrogens is 244 g/mol. The number of hydrogen-bond acceptors (Lipinski definition) is 4. The first-order chi connectivity index (χ1) is 9.19. The Morgan fingerprint density at radius 1 is 1.58 bits per heavy atom. The van der Waals surface area contributed by atoms with E-state index in [0.29, 0.717) is 13.0 Å². The van der Waals surface area contributed by atoms with E-state index in [-0.39, 0.29) is 11.9 Å². The van der Waals surface area contributed by atoms with Gasteiger partial charge in [0.25, 0.3) is 0 Å². The molecule has 7 nitrogen and oxygen atoms in total. The number of aryl methyl sites for hydroxylation is 2. The Morgan fingerprint density at radius 2 is 2.42 bits per heavy atom. The smallest absolute Gasteiger partial charge is 0.222 e. The number of amides is 1. The third-order valence-corrected chi connectivity index (χ3v) is 2.83. The van der Waals surface area contributed by atoms with Gasteiger partial charge in [0.05, 0.1) is 12.6 Å². The minimum atomic E-state index is -0.0723. The fourth-order valence-electron chi connectivity index (χ4n) is 1.80. The van der Waals surface area contributed by atoms with Crippen molar-refractivity contribution in [3.05, 3.63) is 30.4 Å². The highest BCUT2D eigenvalue weighted by atomic mass is 16.1. The van der Waals surface area contributed by atoms with Crippen LogP contribution >= 0.6 is 0 Å². The third-order valence-electron chi connectivity index (χ3n) is 2.83. The van der Waals surface area contributed by atoms with Crippen molar-refractivity contribution in [1.29, 1.82) is 0 Å². The number of H-pyrrole nitrogens is 1. The summed E-state index contributed by atoms with van der Waals surface area (Å²) in [5.74, 6) is 0.783. The van der Waals surface area contributed by atoms with Crippen LogP contribution in [0.5, 0.6) is 0 Å². The molecule has 0 bridgehead atoms. The number of rotatable bonds is 6. The van der Waals surface area contributed by atoms with Crippen molar-refractivity contribution in [1.82, 2.24) is 30.0 Å². The first kappa shape index (κ1) is 13.3. The minimum Gasteiger partial charge on any atom is -0.346 e. The molecule has 102 valence electrons. The van der Waals surface area contributed by atoms with Gasteiger partial charge >= 0.3 is 0 Å². The normalized spacial score (nSPS) is 12.3. The molecule has 0 radical (unpaired) electrons. The Bertz CT molecular complexity index is 518. The molecule has 2 rings (SSSR count). The fourth-order valence-corrected chi connectivity index (χ4v) is 1.80. The maximum absolute atomic E-state index is 11.9. The summed E-state index contributed by atoms with van der Waals surface area (Å²) >= 11 is 0. The van der Waals surface area contributed by atoms with Crippen LogP contribution < -0.4 is 5.32 Å². The molecule has 1 atom stereocenters. The monoisotopic (exact) mass is 262 g/mol. The molecule has 0 aliphatic carbocycles. The van der Waals surface area contributed by atoms with Crippen LogP contribution in [0.15, 0.2) is 18.9 Å².